The molecule has 0 aliphatic carbocycles. The van der Waals surface area contributed by atoms with Crippen LogP contribution < -0.4 is 10.6 Å². The highest BCUT2D eigenvalue weighted by Gasteiger charge is 2.19. The minimum atomic E-state index is -0.428. The number of rotatable bonds is 4. The molecule has 0 unspecified atom stereocenters. The van der Waals surface area contributed by atoms with Gasteiger partial charge in [0.2, 0.25) is 0 Å². The van der Waals surface area contributed by atoms with Crippen LogP contribution in [-0.2, 0) is 0 Å². The molecule has 4 heterocycles. The number of thiophene rings is 2. The van der Waals surface area contributed by atoms with Crippen LogP contribution in [0, 0.1) is 0 Å². The van der Waals surface area contributed by atoms with Crippen molar-refractivity contribution >= 4 is 55.2 Å². The van der Waals surface area contributed by atoms with Gasteiger partial charge in [-0.25, -0.2) is 4.98 Å². The van der Waals surface area contributed by atoms with E-state index in [1.165, 1.54) is 11.3 Å². The van der Waals surface area contributed by atoms with E-state index in [0.29, 0.717) is 4.88 Å². The van der Waals surface area contributed by atoms with Gasteiger partial charge in [0.25, 0.3) is 5.91 Å². The van der Waals surface area contributed by atoms with Gasteiger partial charge in [0.05, 0.1) is 21.5 Å². The van der Waals surface area contributed by atoms with E-state index >= 15 is 0 Å². The lowest BCUT2D eigenvalue weighted by Crippen LogP contribution is -2.10. The molecule has 118 valence electrons. The van der Waals surface area contributed by atoms with E-state index < -0.39 is 5.91 Å². The fraction of sp³-hybridized carbons (Fsp3) is 0. The lowest BCUT2D eigenvalue weighted by molar-refractivity contribution is 0.100. The second-order valence-electron chi connectivity index (χ2n) is 5.02. The largest absolute Gasteiger partial charge is 0.365 e. The van der Waals surface area contributed by atoms with Gasteiger partial charge < -0.3 is 5.73 Å². The van der Waals surface area contributed by atoms with Crippen molar-refractivity contribution in [2.24, 2.45) is 5.73 Å². The summed E-state index contributed by atoms with van der Waals surface area (Å²) in [5.74, 6) is 0.365. The van der Waals surface area contributed by atoms with Crippen molar-refractivity contribution in [1.82, 2.24) is 9.97 Å². The highest BCUT2D eigenvalue weighted by Crippen LogP contribution is 2.41. The molecule has 24 heavy (non-hydrogen) atoms. The molecule has 0 radical (unpaired) electrons. The molecule has 0 bridgehead atoms. The Balaban J connectivity index is 1.96. The van der Waals surface area contributed by atoms with E-state index in [1.807, 2.05) is 46.7 Å². The predicted molar refractivity (Wildman–Crippen MR) is 98.5 cm³/mol. The zero-order chi connectivity index (χ0) is 16.5. The first-order chi connectivity index (χ1) is 11.7. The topological polar surface area (TPSA) is 72.1 Å². The van der Waals surface area contributed by atoms with Crippen LogP contribution in [-0.4, -0.2) is 15.9 Å². The van der Waals surface area contributed by atoms with Crippen LogP contribution in [0.4, 0.5) is 16.5 Å². The maximum Gasteiger partial charge on any atom is 0.258 e. The fourth-order valence-electron chi connectivity index (χ4n) is 2.48. The first-order valence-corrected chi connectivity index (χ1v) is 8.85. The summed E-state index contributed by atoms with van der Waals surface area (Å²) in [6, 6.07) is 11.6. The molecule has 4 aromatic heterocycles. The van der Waals surface area contributed by atoms with E-state index in [2.05, 4.69) is 9.97 Å². The Hall–Kier alpha value is -2.77. The Morgan fingerprint density at radius 3 is 2.79 bits per heavy atom. The molecule has 0 spiro atoms. The third-order valence-corrected chi connectivity index (χ3v) is 5.45. The van der Waals surface area contributed by atoms with E-state index in [4.69, 9.17) is 5.73 Å². The Morgan fingerprint density at radius 2 is 2.08 bits per heavy atom. The number of fused-ring (bicyclic) bond motifs is 1. The molecule has 0 aliphatic heterocycles. The molecule has 5 nitrogen and oxygen atoms in total. The number of pyridine rings is 2. The van der Waals surface area contributed by atoms with Crippen molar-refractivity contribution in [3.63, 3.8) is 0 Å². The normalized spacial score (nSPS) is 10.8. The predicted octanol–water partition coefficient (Wildman–Crippen LogP) is 4.32. The average molecular weight is 352 g/mol. The van der Waals surface area contributed by atoms with Crippen LogP contribution in [0.5, 0.6) is 0 Å². The van der Waals surface area contributed by atoms with Gasteiger partial charge in [-0.05, 0) is 35.7 Å². The maximum absolute atomic E-state index is 11.5. The van der Waals surface area contributed by atoms with Crippen molar-refractivity contribution in [1.29, 1.82) is 0 Å². The van der Waals surface area contributed by atoms with Crippen molar-refractivity contribution in [3.05, 3.63) is 65.2 Å². The number of nitrogens with zero attached hydrogens (tertiary/aromatic N) is 3. The fourth-order valence-corrected chi connectivity index (χ4v) is 4.14. The summed E-state index contributed by atoms with van der Waals surface area (Å²) < 4.78 is 0.916. The number of anilines is 3. The van der Waals surface area contributed by atoms with Crippen molar-refractivity contribution < 1.29 is 4.79 Å². The van der Waals surface area contributed by atoms with Crippen LogP contribution >= 0.6 is 22.7 Å². The highest BCUT2D eigenvalue weighted by molar-refractivity contribution is 7.20. The minimum Gasteiger partial charge on any atom is -0.365 e. The summed E-state index contributed by atoms with van der Waals surface area (Å²) in [6.45, 7) is 0. The second-order valence-corrected chi connectivity index (χ2v) is 7.03. The molecule has 2 N–H and O–H groups in total. The van der Waals surface area contributed by atoms with Crippen molar-refractivity contribution in [2.45, 2.75) is 0 Å². The van der Waals surface area contributed by atoms with Crippen LogP contribution in [0.25, 0.3) is 10.1 Å². The van der Waals surface area contributed by atoms with Gasteiger partial charge in [0, 0.05) is 17.8 Å². The third kappa shape index (κ3) is 2.53. The van der Waals surface area contributed by atoms with E-state index in [9.17, 15) is 4.79 Å². The van der Waals surface area contributed by atoms with E-state index in [0.717, 1.165) is 26.6 Å². The Morgan fingerprint density at radius 1 is 1.17 bits per heavy atom. The smallest absolute Gasteiger partial charge is 0.258 e. The lowest BCUT2D eigenvalue weighted by atomic mass is 10.2. The zero-order valence-electron chi connectivity index (χ0n) is 12.4. The van der Waals surface area contributed by atoms with Crippen LogP contribution in [0.15, 0.2) is 60.4 Å². The van der Waals surface area contributed by atoms with Crippen LogP contribution in [0.3, 0.4) is 0 Å². The summed E-state index contributed by atoms with van der Waals surface area (Å²) in [4.78, 5) is 22.9. The molecule has 0 aliphatic rings. The van der Waals surface area contributed by atoms with Gasteiger partial charge in [0.15, 0.2) is 0 Å². The summed E-state index contributed by atoms with van der Waals surface area (Å²) in [5, 5.41) is 3.97. The van der Waals surface area contributed by atoms with Crippen LogP contribution in [0.2, 0.25) is 0 Å². The first-order valence-electron chi connectivity index (χ1n) is 7.16. The average Bonchev–Trinajstić information content (AvgIpc) is 3.26. The van der Waals surface area contributed by atoms with Gasteiger partial charge in [-0.1, -0.05) is 6.07 Å². The maximum atomic E-state index is 11.5. The number of aromatic nitrogens is 2. The highest BCUT2D eigenvalue weighted by atomic mass is 32.1. The van der Waals surface area contributed by atoms with Gasteiger partial charge in [-0.2, -0.15) is 0 Å². The molecule has 1 amide bonds. The molecule has 7 heteroatoms. The molecule has 0 aromatic carbocycles. The van der Waals surface area contributed by atoms with Crippen LogP contribution in [0.1, 0.15) is 9.67 Å². The standard InChI is InChI=1S/C17H12N4OS2/c18-17(22)13-8-11-12(9-19-10-14(11)24-13)21(16-5-3-7-23-16)15-4-1-2-6-20-15/h1-10H,(H2,18,22). The Kier molecular flexibility index (Phi) is 3.72. The summed E-state index contributed by atoms with van der Waals surface area (Å²) in [7, 11) is 0. The molecular weight excluding hydrogens is 340 g/mol. The quantitative estimate of drug-likeness (QED) is 0.594. The molecule has 0 saturated carbocycles. The molecule has 4 rings (SSSR count). The number of hydrogen-bond acceptors (Lipinski definition) is 6. The van der Waals surface area contributed by atoms with Gasteiger partial charge >= 0.3 is 0 Å². The molecular formula is C17H12N4OS2. The molecule has 0 atom stereocenters. The number of hydrogen-bond donors (Lipinski definition) is 1. The number of carbonyl (C=O) groups is 1. The molecule has 4 aromatic rings. The first kappa shape index (κ1) is 14.8. The van der Waals surface area contributed by atoms with Gasteiger partial charge in [-0.15, -0.1) is 22.7 Å². The van der Waals surface area contributed by atoms with Crippen molar-refractivity contribution in [3.8, 4) is 0 Å². The number of amides is 1. The minimum absolute atomic E-state index is 0.428. The number of primary amides is 1. The SMILES string of the molecule is NC(=O)c1cc2c(N(c3ccccn3)c3cccs3)cncc2s1. The Labute approximate surface area is 146 Å². The van der Waals surface area contributed by atoms with E-state index in [-0.39, 0.29) is 0 Å². The van der Waals surface area contributed by atoms with E-state index in [1.54, 1.807) is 29.9 Å². The molecule has 0 saturated heterocycles. The molecule has 0 fully saturated rings. The summed E-state index contributed by atoms with van der Waals surface area (Å²) in [6.07, 6.45) is 5.29. The monoisotopic (exact) mass is 352 g/mol. The summed E-state index contributed by atoms with van der Waals surface area (Å²) >= 11 is 2.96. The lowest BCUT2D eigenvalue weighted by Gasteiger charge is -2.22. The Bertz CT molecular complexity index is 996. The third-order valence-electron chi connectivity index (χ3n) is 3.51. The second kappa shape index (κ2) is 6.03. The number of carbonyl (C=O) groups excluding carboxylic acids is 1. The van der Waals surface area contributed by atoms with Gasteiger partial charge in [0.1, 0.15) is 10.8 Å². The van der Waals surface area contributed by atoms with Gasteiger partial charge in [-0.3, -0.25) is 14.7 Å². The summed E-state index contributed by atoms with van der Waals surface area (Å²) in [5.41, 5.74) is 6.31. The van der Waals surface area contributed by atoms with Crippen molar-refractivity contribution in [2.75, 3.05) is 4.90 Å². The zero-order valence-corrected chi connectivity index (χ0v) is 14.1. The number of nitrogens with two attached hydrogens (primary N) is 1.